The van der Waals surface area contributed by atoms with Crippen molar-refractivity contribution in [2.24, 2.45) is 0 Å². The zero-order valence-corrected chi connectivity index (χ0v) is 21.3. The van der Waals surface area contributed by atoms with Gasteiger partial charge in [-0.1, -0.05) is 86.6 Å². The van der Waals surface area contributed by atoms with E-state index in [2.05, 4.69) is 38.1 Å². The molecule has 3 aromatic carbocycles. The molecule has 0 aliphatic heterocycles. The lowest BCUT2D eigenvalue weighted by Crippen LogP contribution is -2.06. The van der Waals surface area contributed by atoms with Gasteiger partial charge in [0, 0.05) is 30.9 Å². The second-order valence-corrected chi connectivity index (χ2v) is 9.37. The van der Waals surface area contributed by atoms with Crippen LogP contribution >= 0.6 is 0 Å². The van der Waals surface area contributed by atoms with Crippen LogP contribution in [0, 0.1) is 0 Å². The van der Waals surface area contributed by atoms with E-state index >= 15 is 0 Å². The Labute approximate surface area is 222 Å². The van der Waals surface area contributed by atoms with Crippen LogP contribution in [0.5, 0.6) is 0 Å². The van der Waals surface area contributed by atoms with Gasteiger partial charge in [0.15, 0.2) is 11.6 Å². The zero-order valence-electron chi connectivity index (χ0n) is 21.3. The summed E-state index contributed by atoms with van der Waals surface area (Å²) in [5.41, 5.74) is 5.94. The SMILES string of the molecule is CC(C)c1ccc(C(c2ccc(CC(=O)/C=C/C(=O)O)cc2)c2ccc(CC(=O)/C=C/C(=O)O)cc2)cc1. The highest BCUT2D eigenvalue weighted by Crippen LogP contribution is 2.33. The lowest BCUT2D eigenvalue weighted by atomic mass is 9.83. The Kier molecular flexibility index (Phi) is 9.66. The highest BCUT2D eigenvalue weighted by atomic mass is 16.4. The molecule has 3 aromatic rings. The monoisotopic (exact) mass is 510 g/mol. The second-order valence-electron chi connectivity index (χ2n) is 9.37. The number of benzene rings is 3. The van der Waals surface area contributed by atoms with Crippen molar-refractivity contribution in [2.45, 2.75) is 38.5 Å². The molecule has 0 amide bonds. The third-order valence-electron chi connectivity index (χ3n) is 6.14. The van der Waals surface area contributed by atoms with E-state index in [-0.39, 0.29) is 30.3 Å². The molecule has 0 aliphatic carbocycles. The van der Waals surface area contributed by atoms with Crippen LogP contribution < -0.4 is 0 Å². The minimum atomic E-state index is -1.16. The van der Waals surface area contributed by atoms with Crippen LogP contribution in [0.25, 0.3) is 0 Å². The average molecular weight is 511 g/mol. The van der Waals surface area contributed by atoms with Gasteiger partial charge in [0.05, 0.1) is 0 Å². The molecule has 0 saturated heterocycles. The average Bonchev–Trinajstić information content (AvgIpc) is 2.89. The van der Waals surface area contributed by atoms with Crippen molar-refractivity contribution in [3.8, 4) is 0 Å². The molecule has 0 radical (unpaired) electrons. The summed E-state index contributed by atoms with van der Waals surface area (Å²) < 4.78 is 0. The maximum absolute atomic E-state index is 12.0. The van der Waals surface area contributed by atoms with Crippen LogP contribution in [0.1, 0.15) is 59.1 Å². The summed E-state index contributed by atoms with van der Waals surface area (Å²) in [5.74, 6) is -2.58. The van der Waals surface area contributed by atoms with Gasteiger partial charge in [0.1, 0.15) is 0 Å². The van der Waals surface area contributed by atoms with E-state index in [0.29, 0.717) is 5.92 Å². The molecular formula is C32H30O6. The zero-order chi connectivity index (χ0) is 27.7. The molecule has 0 saturated carbocycles. The fraction of sp³-hybridized carbons (Fsp3) is 0.188. The van der Waals surface area contributed by atoms with E-state index in [4.69, 9.17) is 10.2 Å². The molecular weight excluding hydrogens is 480 g/mol. The van der Waals surface area contributed by atoms with E-state index in [0.717, 1.165) is 52.1 Å². The van der Waals surface area contributed by atoms with E-state index in [1.54, 1.807) is 0 Å². The van der Waals surface area contributed by atoms with Crippen molar-refractivity contribution < 1.29 is 29.4 Å². The summed E-state index contributed by atoms with van der Waals surface area (Å²) >= 11 is 0. The number of carboxylic acid groups (broad SMARTS) is 2. The Bertz CT molecular complexity index is 1260. The third-order valence-corrected chi connectivity index (χ3v) is 6.14. The van der Waals surface area contributed by atoms with Crippen molar-refractivity contribution in [3.05, 3.63) is 130 Å². The molecule has 194 valence electrons. The first kappa shape index (κ1) is 28.0. The Morgan fingerprint density at radius 2 is 0.868 bits per heavy atom. The number of carboxylic acids is 2. The lowest BCUT2D eigenvalue weighted by Gasteiger charge is -2.20. The quantitative estimate of drug-likeness (QED) is 0.246. The van der Waals surface area contributed by atoms with Gasteiger partial charge in [-0.25, -0.2) is 9.59 Å². The van der Waals surface area contributed by atoms with Crippen LogP contribution in [0.4, 0.5) is 0 Å². The molecule has 0 spiro atoms. The molecule has 6 heteroatoms. The minimum absolute atomic E-state index is 0.0930. The number of hydrogen-bond acceptors (Lipinski definition) is 4. The highest BCUT2D eigenvalue weighted by molar-refractivity contribution is 5.97. The molecule has 0 aliphatic rings. The minimum Gasteiger partial charge on any atom is -0.478 e. The number of aliphatic carboxylic acids is 2. The molecule has 0 aromatic heterocycles. The molecule has 0 heterocycles. The van der Waals surface area contributed by atoms with Crippen LogP contribution in [-0.4, -0.2) is 33.7 Å². The Balaban J connectivity index is 1.89. The van der Waals surface area contributed by atoms with E-state index in [1.807, 2.05) is 48.5 Å². The van der Waals surface area contributed by atoms with Gasteiger partial charge in [0.2, 0.25) is 0 Å². The first-order chi connectivity index (χ1) is 18.1. The number of rotatable bonds is 12. The summed E-state index contributed by atoms with van der Waals surface area (Å²) in [6.45, 7) is 4.29. The van der Waals surface area contributed by atoms with Crippen LogP contribution in [0.3, 0.4) is 0 Å². The molecule has 3 rings (SSSR count). The number of carbonyl (C=O) groups is 4. The van der Waals surface area contributed by atoms with Gasteiger partial charge < -0.3 is 10.2 Å². The van der Waals surface area contributed by atoms with Gasteiger partial charge in [-0.05, 0) is 51.5 Å². The van der Waals surface area contributed by atoms with Gasteiger partial charge in [0.25, 0.3) is 0 Å². The molecule has 6 nitrogen and oxygen atoms in total. The molecule has 0 atom stereocenters. The molecule has 0 bridgehead atoms. The van der Waals surface area contributed by atoms with Crippen molar-refractivity contribution in [1.29, 1.82) is 0 Å². The maximum atomic E-state index is 12.0. The Morgan fingerprint density at radius 3 is 1.18 bits per heavy atom. The maximum Gasteiger partial charge on any atom is 0.328 e. The molecule has 0 fully saturated rings. The van der Waals surface area contributed by atoms with Gasteiger partial charge in [-0.2, -0.15) is 0 Å². The Hall–Kier alpha value is -4.58. The standard InChI is InChI=1S/C32H30O6/c1-21(2)24-11-13-27(14-12-24)32(25-7-3-22(4-8-25)19-28(33)15-17-30(35)36)26-9-5-23(6-10-26)20-29(34)16-18-31(37)38/h3-18,21,32H,19-20H2,1-2H3,(H,35,36)(H,37,38)/b17-15+,18-16+. The number of hydrogen-bond donors (Lipinski definition) is 2. The summed E-state index contributed by atoms with van der Waals surface area (Å²) in [6.07, 6.45) is 4.03. The van der Waals surface area contributed by atoms with Crippen molar-refractivity contribution in [2.75, 3.05) is 0 Å². The van der Waals surface area contributed by atoms with Crippen LogP contribution in [-0.2, 0) is 32.0 Å². The predicted octanol–water partition coefficient (Wildman–Crippen LogP) is 5.50. The molecule has 38 heavy (non-hydrogen) atoms. The van der Waals surface area contributed by atoms with Crippen molar-refractivity contribution in [1.82, 2.24) is 0 Å². The van der Waals surface area contributed by atoms with Gasteiger partial charge in [-0.15, -0.1) is 0 Å². The van der Waals surface area contributed by atoms with Crippen LogP contribution in [0.2, 0.25) is 0 Å². The lowest BCUT2D eigenvalue weighted by molar-refractivity contribution is -0.132. The second kappa shape index (κ2) is 13.1. The van der Waals surface area contributed by atoms with E-state index in [1.165, 1.54) is 5.56 Å². The van der Waals surface area contributed by atoms with Crippen LogP contribution in [0.15, 0.2) is 97.1 Å². The first-order valence-electron chi connectivity index (χ1n) is 12.3. The smallest absolute Gasteiger partial charge is 0.328 e. The van der Waals surface area contributed by atoms with Crippen molar-refractivity contribution >= 4 is 23.5 Å². The number of allylic oxidation sites excluding steroid dienone is 2. The number of ketones is 2. The summed E-state index contributed by atoms with van der Waals surface area (Å²) in [4.78, 5) is 45.4. The third kappa shape index (κ3) is 8.23. The predicted molar refractivity (Wildman–Crippen MR) is 145 cm³/mol. The highest BCUT2D eigenvalue weighted by Gasteiger charge is 2.18. The summed E-state index contributed by atoms with van der Waals surface area (Å²) in [6, 6.07) is 23.9. The fourth-order valence-corrected chi connectivity index (χ4v) is 4.16. The van der Waals surface area contributed by atoms with E-state index < -0.39 is 11.9 Å². The van der Waals surface area contributed by atoms with Crippen molar-refractivity contribution in [3.63, 3.8) is 0 Å². The summed E-state index contributed by atoms with van der Waals surface area (Å²) in [7, 11) is 0. The Morgan fingerprint density at radius 1 is 0.553 bits per heavy atom. The van der Waals surface area contributed by atoms with E-state index in [9.17, 15) is 19.2 Å². The summed E-state index contributed by atoms with van der Waals surface area (Å²) in [5, 5.41) is 17.4. The first-order valence-corrected chi connectivity index (χ1v) is 12.3. The number of carbonyl (C=O) groups excluding carboxylic acids is 2. The fourth-order valence-electron chi connectivity index (χ4n) is 4.16. The topological polar surface area (TPSA) is 109 Å². The normalized spacial score (nSPS) is 11.5. The molecule has 0 unspecified atom stereocenters. The van der Waals surface area contributed by atoms with Gasteiger partial charge >= 0.3 is 11.9 Å². The molecule has 2 N–H and O–H groups in total. The largest absolute Gasteiger partial charge is 0.478 e. The van der Waals surface area contributed by atoms with Gasteiger partial charge in [-0.3, -0.25) is 9.59 Å².